The number of nitrogens with zero attached hydrogens (tertiary/aromatic N) is 1. The number of nitro benzene ring substituents is 1. The van der Waals surface area contributed by atoms with Crippen LogP contribution in [-0.2, 0) is 9.53 Å². The van der Waals surface area contributed by atoms with Crippen LogP contribution in [0.1, 0.15) is 12.5 Å². The summed E-state index contributed by atoms with van der Waals surface area (Å²) < 4.78 is 31.0. The standard InChI is InChI=1S/C11H9F2NO4/c1-2-18-11(15)10(13)9(12)7-3-5-8(6-4-7)14(16)17/h3-6H,2H2,1H3/b10-9+. The fourth-order valence-corrected chi connectivity index (χ4v) is 1.14. The normalized spacial score (nSPS) is 11.7. The Morgan fingerprint density at radius 3 is 2.33 bits per heavy atom. The molecular weight excluding hydrogens is 248 g/mol. The number of hydrogen-bond acceptors (Lipinski definition) is 4. The van der Waals surface area contributed by atoms with Crippen LogP contribution in [0.25, 0.3) is 5.83 Å². The van der Waals surface area contributed by atoms with E-state index in [2.05, 4.69) is 4.74 Å². The SMILES string of the molecule is CCOC(=O)/C(F)=C(\F)c1ccc([N+](=O)[O-])cc1. The number of nitro groups is 1. The number of non-ortho nitro benzene ring substituents is 1. The molecule has 0 amide bonds. The van der Waals surface area contributed by atoms with Gasteiger partial charge in [-0.3, -0.25) is 10.1 Å². The van der Waals surface area contributed by atoms with Crippen molar-refractivity contribution in [3.63, 3.8) is 0 Å². The topological polar surface area (TPSA) is 69.4 Å². The third kappa shape index (κ3) is 3.09. The van der Waals surface area contributed by atoms with E-state index in [1.54, 1.807) is 0 Å². The Labute approximate surface area is 101 Å². The van der Waals surface area contributed by atoms with Gasteiger partial charge in [-0.15, -0.1) is 0 Å². The Hall–Kier alpha value is -2.31. The molecule has 0 spiro atoms. The highest BCUT2D eigenvalue weighted by Gasteiger charge is 2.18. The molecule has 0 unspecified atom stereocenters. The quantitative estimate of drug-likeness (QED) is 0.360. The van der Waals surface area contributed by atoms with Gasteiger partial charge < -0.3 is 4.74 Å². The molecule has 0 aliphatic carbocycles. The van der Waals surface area contributed by atoms with Crippen molar-refractivity contribution < 1.29 is 23.2 Å². The number of ether oxygens (including phenoxy) is 1. The second-order valence-corrected chi connectivity index (χ2v) is 3.15. The lowest BCUT2D eigenvalue weighted by Gasteiger charge is -2.01. The average Bonchev–Trinajstić information content (AvgIpc) is 2.37. The molecule has 1 rings (SSSR count). The summed E-state index contributed by atoms with van der Waals surface area (Å²) in [5.74, 6) is -4.48. The molecule has 0 atom stereocenters. The van der Waals surface area contributed by atoms with Gasteiger partial charge in [0.2, 0.25) is 5.83 Å². The van der Waals surface area contributed by atoms with Gasteiger partial charge in [0.25, 0.3) is 5.69 Å². The lowest BCUT2D eigenvalue weighted by atomic mass is 10.1. The molecule has 18 heavy (non-hydrogen) atoms. The minimum atomic E-state index is -1.66. The molecule has 0 aromatic heterocycles. The van der Waals surface area contributed by atoms with Crippen molar-refractivity contribution in [2.24, 2.45) is 0 Å². The first-order valence-corrected chi connectivity index (χ1v) is 4.94. The third-order valence-corrected chi connectivity index (χ3v) is 1.98. The molecule has 96 valence electrons. The van der Waals surface area contributed by atoms with Crippen LogP contribution >= 0.6 is 0 Å². The predicted molar refractivity (Wildman–Crippen MR) is 58.9 cm³/mol. The second kappa shape index (κ2) is 5.85. The smallest absolute Gasteiger partial charge is 0.370 e. The zero-order valence-electron chi connectivity index (χ0n) is 9.35. The highest BCUT2D eigenvalue weighted by atomic mass is 19.2. The van der Waals surface area contributed by atoms with Gasteiger partial charge in [-0.2, -0.15) is 4.39 Å². The molecule has 0 radical (unpaired) electrons. The molecule has 0 saturated heterocycles. The first-order valence-electron chi connectivity index (χ1n) is 4.94. The number of esters is 1. The van der Waals surface area contributed by atoms with Gasteiger partial charge in [-0.1, -0.05) is 0 Å². The van der Waals surface area contributed by atoms with E-state index in [-0.39, 0.29) is 17.9 Å². The van der Waals surface area contributed by atoms with Crippen LogP contribution in [-0.4, -0.2) is 17.5 Å². The summed E-state index contributed by atoms with van der Waals surface area (Å²) in [4.78, 5) is 20.6. The van der Waals surface area contributed by atoms with Crippen LogP contribution in [0.15, 0.2) is 30.1 Å². The fraction of sp³-hybridized carbons (Fsp3) is 0.182. The predicted octanol–water partition coefficient (Wildman–Crippen LogP) is 2.77. The Balaban J connectivity index is 3.02. The van der Waals surface area contributed by atoms with Crippen LogP contribution in [0.3, 0.4) is 0 Å². The number of carbonyl (C=O) groups excluding carboxylic acids is 1. The van der Waals surface area contributed by atoms with Crippen LogP contribution < -0.4 is 0 Å². The third-order valence-electron chi connectivity index (χ3n) is 1.98. The van der Waals surface area contributed by atoms with Crippen molar-refractivity contribution >= 4 is 17.5 Å². The summed E-state index contributed by atoms with van der Waals surface area (Å²) >= 11 is 0. The summed E-state index contributed by atoms with van der Waals surface area (Å²) in [6.45, 7) is 1.37. The van der Waals surface area contributed by atoms with Crippen molar-refractivity contribution in [1.29, 1.82) is 0 Å². The lowest BCUT2D eigenvalue weighted by molar-refractivity contribution is -0.384. The Morgan fingerprint density at radius 2 is 1.89 bits per heavy atom. The van der Waals surface area contributed by atoms with Crippen LogP contribution in [0.4, 0.5) is 14.5 Å². The van der Waals surface area contributed by atoms with Gasteiger partial charge in [-0.05, 0) is 19.1 Å². The maximum Gasteiger partial charge on any atom is 0.370 e. The maximum absolute atomic E-state index is 13.5. The maximum atomic E-state index is 13.5. The van der Waals surface area contributed by atoms with Gasteiger partial charge in [0, 0.05) is 17.7 Å². The molecule has 7 heteroatoms. The van der Waals surface area contributed by atoms with E-state index in [1.807, 2.05) is 0 Å². The number of rotatable bonds is 4. The lowest BCUT2D eigenvalue weighted by Crippen LogP contribution is -2.05. The van der Waals surface area contributed by atoms with Gasteiger partial charge in [-0.25, -0.2) is 9.18 Å². The number of halogens is 2. The van der Waals surface area contributed by atoms with Gasteiger partial charge in [0.05, 0.1) is 11.5 Å². The molecule has 0 aliphatic rings. The summed E-state index contributed by atoms with van der Waals surface area (Å²) in [7, 11) is 0. The summed E-state index contributed by atoms with van der Waals surface area (Å²) in [6, 6.07) is 4.03. The van der Waals surface area contributed by atoms with E-state index >= 15 is 0 Å². The number of benzene rings is 1. The average molecular weight is 257 g/mol. The molecule has 0 fully saturated rings. The molecule has 0 N–H and O–H groups in total. The fourth-order valence-electron chi connectivity index (χ4n) is 1.14. The zero-order chi connectivity index (χ0) is 13.7. The van der Waals surface area contributed by atoms with Gasteiger partial charge in [0.1, 0.15) is 0 Å². The van der Waals surface area contributed by atoms with Crippen molar-refractivity contribution in [2.75, 3.05) is 6.61 Å². The highest BCUT2D eigenvalue weighted by molar-refractivity contribution is 5.93. The van der Waals surface area contributed by atoms with Gasteiger partial charge in [0.15, 0.2) is 5.83 Å². The molecule has 5 nitrogen and oxygen atoms in total. The van der Waals surface area contributed by atoms with Crippen LogP contribution in [0, 0.1) is 10.1 Å². The van der Waals surface area contributed by atoms with Crippen molar-refractivity contribution in [1.82, 2.24) is 0 Å². The molecular formula is C11H9F2NO4. The monoisotopic (exact) mass is 257 g/mol. The minimum Gasteiger partial charge on any atom is -0.461 e. The molecule has 1 aromatic carbocycles. The van der Waals surface area contributed by atoms with Crippen molar-refractivity contribution in [2.45, 2.75) is 6.92 Å². The summed E-state index contributed by atoms with van der Waals surface area (Å²) in [5, 5.41) is 10.4. The van der Waals surface area contributed by atoms with Crippen molar-refractivity contribution in [3.05, 3.63) is 45.8 Å². The minimum absolute atomic E-state index is 0.0835. The summed E-state index contributed by atoms with van der Waals surface area (Å²) in [6.07, 6.45) is 0. The Kier molecular flexibility index (Phi) is 4.47. The Morgan fingerprint density at radius 1 is 1.33 bits per heavy atom. The Bertz CT molecular complexity index is 496. The summed E-state index contributed by atoms with van der Waals surface area (Å²) in [5.41, 5.74) is -0.533. The van der Waals surface area contributed by atoms with Gasteiger partial charge >= 0.3 is 5.97 Å². The molecule has 0 heterocycles. The van der Waals surface area contributed by atoms with E-state index in [9.17, 15) is 23.7 Å². The first kappa shape index (κ1) is 13.8. The second-order valence-electron chi connectivity index (χ2n) is 3.15. The van der Waals surface area contributed by atoms with Crippen LogP contribution in [0.5, 0.6) is 0 Å². The molecule has 1 aromatic rings. The molecule has 0 bridgehead atoms. The highest BCUT2D eigenvalue weighted by Crippen LogP contribution is 2.24. The van der Waals surface area contributed by atoms with E-state index in [0.29, 0.717) is 0 Å². The molecule has 0 saturated carbocycles. The largest absolute Gasteiger partial charge is 0.461 e. The number of hydrogen-bond donors (Lipinski definition) is 0. The molecule has 0 aliphatic heterocycles. The first-order chi connectivity index (χ1) is 8.47. The number of carbonyl (C=O) groups is 1. The van der Waals surface area contributed by atoms with E-state index in [1.165, 1.54) is 6.92 Å². The zero-order valence-corrected chi connectivity index (χ0v) is 9.35. The van der Waals surface area contributed by atoms with Crippen LogP contribution in [0.2, 0.25) is 0 Å². The van der Waals surface area contributed by atoms with E-state index in [0.717, 1.165) is 24.3 Å². The van der Waals surface area contributed by atoms with E-state index in [4.69, 9.17) is 0 Å². The van der Waals surface area contributed by atoms with E-state index < -0.39 is 22.5 Å². The van der Waals surface area contributed by atoms with Crippen molar-refractivity contribution in [3.8, 4) is 0 Å².